The lowest BCUT2D eigenvalue weighted by Crippen LogP contribution is -2.38. The van der Waals surface area contributed by atoms with E-state index in [-0.39, 0.29) is 34.0 Å². The van der Waals surface area contributed by atoms with E-state index in [9.17, 15) is 18.0 Å². The minimum atomic E-state index is -4.18. The Morgan fingerprint density at radius 1 is 0.711 bits per heavy atom. The maximum absolute atomic E-state index is 13.9. The molecule has 0 aliphatic carbocycles. The number of hydrogen-bond donors (Lipinski definition) is 0. The Morgan fingerprint density at radius 2 is 1.29 bits per heavy atom. The zero-order chi connectivity index (χ0) is 26.5. The number of esters is 1. The van der Waals surface area contributed by atoms with Crippen molar-refractivity contribution in [3.63, 3.8) is 0 Å². The van der Waals surface area contributed by atoms with Crippen molar-refractivity contribution < 1.29 is 27.5 Å². The van der Waals surface area contributed by atoms with E-state index in [0.29, 0.717) is 11.3 Å². The van der Waals surface area contributed by atoms with E-state index in [0.717, 1.165) is 4.31 Å². The molecule has 0 unspecified atom stereocenters. The Bertz CT molecular complexity index is 1600. The summed E-state index contributed by atoms with van der Waals surface area (Å²) in [6.07, 6.45) is 0. The predicted molar refractivity (Wildman–Crippen MR) is 141 cm³/mol. The van der Waals surface area contributed by atoms with Crippen LogP contribution in [-0.2, 0) is 26.1 Å². The van der Waals surface area contributed by atoms with Gasteiger partial charge in [-0.1, -0.05) is 91.0 Å². The SMILES string of the molecule is O=C(COc1ccccc1)OC1=C(C(=O)c2ccccc2)N(Cc2ccccc2)S(=O)(=O)c2ccccc21. The number of fused-ring (bicyclic) bond motifs is 1. The first-order valence-corrected chi connectivity index (χ1v) is 13.3. The standard InChI is InChI=1S/C30H23NO6S/c32-27(21-36-24-16-8-3-9-17-24)37-30-25-18-10-11-19-26(25)38(34,35)31(20-22-12-4-1-5-13-22)28(30)29(33)23-14-6-2-7-15-23/h1-19H,20-21H2. The zero-order valence-corrected chi connectivity index (χ0v) is 21.0. The maximum atomic E-state index is 13.9. The second-order valence-corrected chi connectivity index (χ2v) is 10.3. The van der Waals surface area contributed by atoms with Gasteiger partial charge in [0.15, 0.2) is 12.4 Å². The van der Waals surface area contributed by atoms with Gasteiger partial charge in [0.25, 0.3) is 10.0 Å². The minimum Gasteiger partial charge on any atom is -0.482 e. The highest BCUT2D eigenvalue weighted by atomic mass is 32.2. The number of allylic oxidation sites excluding steroid dienone is 1. The molecule has 38 heavy (non-hydrogen) atoms. The molecule has 0 saturated carbocycles. The smallest absolute Gasteiger partial charge is 0.349 e. The molecule has 0 spiro atoms. The number of Topliss-reactive ketones (excluding diaryl/α,β-unsaturated/α-hetero) is 1. The van der Waals surface area contributed by atoms with Gasteiger partial charge in [0.1, 0.15) is 11.4 Å². The lowest BCUT2D eigenvalue weighted by atomic mass is 10.0. The van der Waals surface area contributed by atoms with Crippen LogP contribution in [0.4, 0.5) is 0 Å². The Kier molecular flexibility index (Phi) is 7.06. The molecule has 1 aliphatic heterocycles. The molecule has 0 amide bonds. The average Bonchev–Trinajstić information content (AvgIpc) is 2.96. The van der Waals surface area contributed by atoms with E-state index in [1.807, 2.05) is 12.1 Å². The first-order chi connectivity index (χ1) is 18.4. The summed E-state index contributed by atoms with van der Waals surface area (Å²) in [5.74, 6) is -1.04. The van der Waals surface area contributed by atoms with Crippen molar-refractivity contribution in [3.05, 3.63) is 138 Å². The Balaban J connectivity index is 1.63. The van der Waals surface area contributed by atoms with Gasteiger partial charge in [0, 0.05) is 11.1 Å². The molecular weight excluding hydrogens is 502 g/mol. The van der Waals surface area contributed by atoms with Crippen molar-refractivity contribution >= 4 is 27.5 Å². The molecule has 0 atom stereocenters. The van der Waals surface area contributed by atoms with Crippen LogP contribution in [0.1, 0.15) is 21.5 Å². The molecular formula is C30H23NO6S. The molecule has 0 saturated heterocycles. The van der Waals surface area contributed by atoms with Crippen molar-refractivity contribution in [2.75, 3.05) is 6.61 Å². The maximum Gasteiger partial charge on any atom is 0.349 e. The number of rotatable bonds is 8. The molecule has 5 rings (SSSR count). The van der Waals surface area contributed by atoms with Crippen LogP contribution in [0.3, 0.4) is 0 Å². The quantitative estimate of drug-likeness (QED) is 0.236. The van der Waals surface area contributed by atoms with Gasteiger partial charge in [-0.05, 0) is 29.8 Å². The molecule has 4 aromatic carbocycles. The molecule has 0 fully saturated rings. The fourth-order valence-corrected chi connectivity index (χ4v) is 5.77. The predicted octanol–water partition coefficient (Wildman–Crippen LogP) is 5.06. The van der Waals surface area contributed by atoms with E-state index >= 15 is 0 Å². The molecule has 0 N–H and O–H groups in total. The minimum absolute atomic E-state index is 0.0627. The number of ketones is 1. The van der Waals surface area contributed by atoms with Crippen LogP contribution < -0.4 is 4.74 Å². The molecule has 0 aromatic heterocycles. The highest BCUT2D eigenvalue weighted by molar-refractivity contribution is 7.89. The van der Waals surface area contributed by atoms with Gasteiger partial charge in [0.2, 0.25) is 5.78 Å². The number of ether oxygens (including phenoxy) is 2. The second kappa shape index (κ2) is 10.7. The third kappa shape index (κ3) is 5.07. The topological polar surface area (TPSA) is 90.0 Å². The third-order valence-electron chi connectivity index (χ3n) is 5.90. The lowest BCUT2D eigenvalue weighted by molar-refractivity contribution is -0.139. The van der Waals surface area contributed by atoms with Crippen LogP contribution in [0.5, 0.6) is 5.75 Å². The van der Waals surface area contributed by atoms with E-state index in [1.165, 1.54) is 12.1 Å². The Morgan fingerprint density at radius 3 is 1.97 bits per heavy atom. The Labute approximate surface area is 220 Å². The second-order valence-electron chi connectivity index (χ2n) is 8.44. The van der Waals surface area contributed by atoms with Crippen LogP contribution in [0, 0.1) is 0 Å². The molecule has 0 radical (unpaired) electrons. The normalized spacial score (nSPS) is 13.9. The zero-order valence-electron chi connectivity index (χ0n) is 20.2. The number of hydrogen-bond acceptors (Lipinski definition) is 6. The van der Waals surface area contributed by atoms with E-state index in [2.05, 4.69) is 0 Å². The van der Waals surface area contributed by atoms with Crippen molar-refractivity contribution in [2.45, 2.75) is 11.4 Å². The van der Waals surface area contributed by atoms with Gasteiger partial charge in [-0.25, -0.2) is 13.2 Å². The van der Waals surface area contributed by atoms with Crippen molar-refractivity contribution in [3.8, 4) is 5.75 Å². The van der Waals surface area contributed by atoms with Gasteiger partial charge in [-0.2, -0.15) is 0 Å². The summed E-state index contributed by atoms with van der Waals surface area (Å²) < 4.78 is 40.0. The summed E-state index contributed by atoms with van der Waals surface area (Å²) in [5, 5.41) is 0. The van der Waals surface area contributed by atoms with Gasteiger partial charge >= 0.3 is 5.97 Å². The summed E-state index contributed by atoms with van der Waals surface area (Å²) in [7, 11) is -4.18. The fraction of sp³-hybridized carbons (Fsp3) is 0.0667. The molecule has 1 heterocycles. The van der Waals surface area contributed by atoms with Gasteiger partial charge in [0.05, 0.1) is 11.4 Å². The number of carbonyl (C=O) groups is 2. The van der Waals surface area contributed by atoms with Crippen molar-refractivity contribution in [1.82, 2.24) is 4.31 Å². The summed E-state index contributed by atoms with van der Waals surface area (Å²) in [6, 6.07) is 32.1. The van der Waals surface area contributed by atoms with E-state index < -0.39 is 28.4 Å². The summed E-state index contributed by atoms with van der Waals surface area (Å²) in [6.45, 7) is -0.569. The molecule has 8 heteroatoms. The highest BCUT2D eigenvalue weighted by Gasteiger charge is 2.41. The van der Waals surface area contributed by atoms with Gasteiger partial charge < -0.3 is 9.47 Å². The first-order valence-electron chi connectivity index (χ1n) is 11.8. The van der Waals surface area contributed by atoms with Crippen LogP contribution in [0.2, 0.25) is 0 Å². The number of sulfonamides is 1. The molecule has 7 nitrogen and oxygen atoms in total. The van der Waals surface area contributed by atoms with Gasteiger partial charge in [-0.3, -0.25) is 9.10 Å². The lowest BCUT2D eigenvalue weighted by Gasteiger charge is -2.33. The van der Waals surface area contributed by atoms with Crippen molar-refractivity contribution in [2.24, 2.45) is 0 Å². The van der Waals surface area contributed by atoms with Crippen LogP contribution in [0.15, 0.2) is 126 Å². The molecule has 0 bridgehead atoms. The van der Waals surface area contributed by atoms with Crippen LogP contribution in [0.25, 0.3) is 5.76 Å². The summed E-state index contributed by atoms with van der Waals surface area (Å²) in [5.41, 5.74) is 0.798. The van der Waals surface area contributed by atoms with Gasteiger partial charge in [-0.15, -0.1) is 0 Å². The first kappa shape index (κ1) is 25.0. The number of benzene rings is 4. The van der Waals surface area contributed by atoms with Crippen LogP contribution in [-0.4, -0.2) is 31.1 Å². The van der Waals surface area contributed by atoms with E-state index in [4.69, 9.17) is 9.47 Å². The number of para-hydroxylation sites is 1. The Hall–Kier alpha value is -4.69. The highest BCUT2D eigenvalue weighted by Crippen LogP contribution is 2.39. The number of nitrogens with zero attached hydrogens (tertiary/aromatic N) is 1. The monoisotopic (exact) mass is 525 g/mol. The van der Waals surface area contributed by atoms with Crippen molar-refractivity contribution in [1.29, 1.82) is 0 Å². The third-order valence-corrected chi connectivity index (χ3v) is 7.70. The number of carbonyl (C=O) groups excluding carboxylic acids is 2. The molecule has 4 aromatic rings. The molecule has 190 valence electrons. The largest absolute Gasteiger partial charge is 0.482 e. The summed E-state index contributed by atoms with van der Waals surface area (Å²) in [4.78, 5) is 26.8. The molecule has 1 aliphatic rings. The van der Waals surface area contributed by atoms with Crippen LogP contribution >= 0.6 is 0 Å². The fourth-order valence-electron chi connectivity index (χ4n) is 4.12. The average molecular weight is 526 g/mol. The summed E-state index contributed by atoms with van der Waals surface area (Å²) >= 11 is 0. The van der Waals surface area contributed by atoms with E-state index in [1.54, 1.807) is 91.0 Å².